The first-order chi connectivity index (χ1) is 6.25. The van der Waals surface area contributed by atoms with E-state index in [9.17, 15) is 0 Å². The Kier molecular flexibility index (Phi) is 3.91. The Morgan fingerprint density at radius 1 is 1.69 bits per heavy atom. The predicted octanol–water partition coefficient (Wildman–Crippen LogP) is 3.06. The lowest BCUT2D eigenvalue weighted by Gasteiger charge is -2.37. The van der Waals surface area contributed by atoms with Gasteiger partial charge in [-0.05, 0) is 32.1 Å². The maximum Gasteiger partial charge on any atom is 0.0816 e. The van der Waals surface area contributed by atoms with Crippen LogP contribution in [0.25, 0.3) is 0 Å². The average molecular weight is 197 g/mol. The van der Waals surface area contributed by atoms with Gasteiger partial charge in [-0.25, -0.2) is 0 Å². The molecule has 0 radical (unpaired) electrons. The van der Waals surface area contributed by atoms with E-state index in [0.29, 0.717) is 0 Å². The van der Waals surface area contributed by atoms with E-state index in [1.807, 2.05) is 6.08 Å². The highest BCUT2D eigenvalue weighted by Gasteiger charge is 2.34. The lowest BCUT2D eigenvalue weighted by Crippen LogP contribution is -2.44. The largest absolute Gasteiger partial charge is 0.379 e. The average Bonchev–Trinajstić information content (AvgIpc) is 2.17. The topological polar surface area (TPSA) is 12.0 Å². The fourth-order valence-electron chi connectivity index (χ4n) is 2.06. The third kappa shape index (κ3) is 2.31. The Balaban J connectivity index is 2.64. The first kappa shape index (κ1) is 10.7. The van der Waals surface area contributed by atoms with Crippen LogP contribution >= 0.6 is 12.2 Å². The molecule has 0 aromatic carbocycles. The first-order valence-electron chi connectivity index (χ1n) is 5.14. The first-order valence-corrected chi connectivity index (χ1v) is 5.55. The number of hydrogen-bond donors (Lipinski definition) is 1. The Hall–Kier alpha value is -0.370. The molecule has 1 heterocycles. The molecule has 13 heavy (non-hydrogen) atoms. The van der Waals surface area contributed by atoms with Crippen molar-refractivity contribution in [3.8, 4) is 0 Å². The molecular formula is C11H19NS. The van der Waals surface area contributed by atoms with E-state index >= 15 is 0 Å². The summed E-state index contributed by atoms with van der Waals surface area (Å²) in [5.41, 5.74) is 0.280. The highest BCUT2D eigenvalue weighted by atomic mass is 32.1. The maximum atomic E-state index is 5.41. The molecule has 1 aliphatic heterocycles. The molecule has 1 aliphatic rings. The van der Waals surface area contributed by atoms with Crippen LogP contribution in [0.4, 0.5) is 0 Å². The molecule has 2 heteroatoms. The van der Waals surface area contributed by atoms with Crippen LogP contribution in [0.1, 0.15) is 39.0 Å². The minimum Gasteiger partial charge on any atom is -0.379 e. The monoisotopic (exact) mass is 197 g/mol. The molecule has 1 N–H and O–H groups in total. The second kappa shape index (κ2) is 4.75. The van der Waals surface area contributed by atoms with Gasteiger partial charge in [0.15, 0.2) is 0 Å². The van der Waals surface area contributed by atoms with Gasteiger partial charge in [-0.1, -0.05) is 25.2 Å². The Morgan fingerprint density at radius 2 is 2.46 bits per heavy atom. The summed E-state index contributed by atoms with van der Waals surface area (Å²) in [7, 11) is 0. The lowest BCUT2D eigenvalue weighted by molar-refractivity contribution is 0.311. The molecular weight excluding hydrogens is 178 g/mol. The van der Waals surface area contributed by atoms with Crippen molar-refractivity contribution in [3.63, 3.8) is 0 Å². The van der Waals surface area contributed by atoms with Crippen LogP contribution in [0.3, 0.4) is 0 Å². The maximum absolute atomic E-state index is 5.41. The van der Waals surface area contributed by atoms with E-state index in [1.54, 1.807) is 0 Å². The Bertz CT molecular complexity index is 200. The molecule has 0 saturated carbocycles. The molecule has 1 atom stereocenters. The molecule has 0 bridgehead atoms. The van der Waals surface area contributed by atoms with Gasteiger partial charge in [0.05, 0.1) is 4.99 Å². The van der Waals surface area contributed by atoms with Crippen LogP contribution in [0.2, 0.25) is 0 Å². The van der Waals surface area contributed by atoms with Crippen molar-refractivity contribution in [1.82, 2.24) is 5.32 Å². The minimum atomic E-state index is 0.280. The summed E-state index contributed by atoms with van der Waals surface area (Å²) in [6.45, 7) is 7.07. The zero-order chi connectivity index (χ0) is 9.73. The zero-order valence-corrected chi connectivity index (χ0v) is 9.25. The van der Waals surface area contributed by atoms with E-state index in [0.717, 1.165) is 24.4 Å². The van der Waals surface area contributed by atoms with Crippen LogP contribution in [-0.2, 0) is 0 Å². The molecule has 0 spiro atoms. The number of allylic oxidation sites excluding steroid dienone is 1. The van der Waals surface area contributed by atoms with Gasteiger partial charge in [-0.3, -0.25) is 0 Å². The summed E-state index contributed by atoms with van der Waals surface area (Å²) < 4.78 is 0. The van der Waals surface area contributed by atoms with E-state index in [1.165, 1.54) is 19.3 Å². The number of nitrogens with one attached hydrogen (secondary N) is 1. The van der Waals surface area contributed by atoms with Gasteiger partial charge in [0.25, 0.3) is 0 Å². The van der Waals surface area contributed by atoms with Crippen LogP contribution in [-0.4, -0.2) is 11.5 Å². The van der Waals surface area contributed by atoms with Gasteiger partial charge >= 0.3 is 0 Å². The molecule has 1 nitrogen and oxygen atoms in total. The molecule has 74 valence electrons. The molecule has 0 amide bonds. The van der Waals surface area contributed by atoms with Crippen molar-refractivity contribution in [1.29, 1.82) is 0 Å². The minimum absolute atomic E-state index is 0.280. The van der Waals surface area contributed by atoms with Crippen LogP contribution in [0, 0.1) is 5.41 Å². The van der Waals surface area contributed by atoms with Gasteiger partial charge < -0.3 is 5.32 Å². The number of thiocarbonyl (C=S) groups is 1. The van der Waals surface area contributed by atoms with Gasteiger partial charge in [-0.15, -0.1) is 6.58 Å². The zero-order valence-electron chi connectivity index (χ0n) is 8.44. The van der Waals surface area contributed by atoms with Crippen LogP contribution in [0.15, 0.2) is 12.7 Å². The molecule has 0 aliphatic carbocycles. The molecule has 0 aromatic rings. The van der Waals surface area contributed by atoms with Crippen molar-refractivity contribution in [2.75, 3.05) is 6.54 Å². The van der Waals surface area contributed by atoms with E-state index in [4.69, 9.17) is 12.2 Å². The SMILES string of the molecule is C=CCCC1(CC)CCCNC1=S. The second-order valence-corrected chi connectivity index (χ2v) is 4.23. The lowest BCUT2D eigenvalue weighted by atomic mass is 9.75. The highest BCUT2D eigenvalue weighted by Crippen LogP contribution is 2.36. The molecule has 1 rings (SSSR count). The summed E-state index contributed by atoms with van der Waals surface area (Å²) in [5.74, 6) is 0. The third-order valence-electron chi connectivity index (χ3n) is 3.10. The summed E-state index contributed by atoms with van der Waals surface area (Å²) in [6.07, 6.45) is 7.91. The second-order valence-electron chi connectivity index (χ2n) is 3.82. The summed E-state index contributed by atoms with van der Waals surface area (Å²) in [4.78, 5) is 1.09. The number of rotatable bonds is 4. The molecule has 1 unspecified atom stereocenters. The van der Waals surface area contributed by atoms with E-state index in [-0.39, 0.29) is 5.41 Å². The van der Waals surface area contributed by atoms with Gasteiger partial charge in [0, 0.05) is 12.0 Å². The van der Waals surface area contributed by atoms with Crippen molar-refractivity contribution in [3.05, 3.63) is 12.7 Å². The van der Waals surface area contributed by atoms with E-state index in [2.05, 4.69) is 18.8 Å². The van der Waals surface area contributed by atoms with Crippen LogP contribution in [0.5, 0.6) is 0 Å². The van der Waals surface area contributed by atoms with Gasteiger partial charge in [-0.2, -0.15) is 0 Å². The highest BCUT2D eigenvalue weighted by molar-refractivity contribution is 7.80. The fourth-order valence-corrected chi connectivity index (χ4v) is 2.51. The Morgan fingerprint density at radius 3 is 3.00 bits per heavy atom. The summed E-state index contributed by atoms with van der Waals surface area (Å²) in [5, 5.41) is 3.33. The fraction of sp³-hybridized carbons (Fsp3) is 0.727. The number of hydrogen-bond acceptors (Lipinski definition) is 1. The van der Waals surface area contributed by atoms with Gasteiger partial charge in [0.1, 0.15) is 0 Å². The summed E-state index contributed by atoms with van der Waals surface area (Å²) >= 11 is 5.41. The van der Waals surface area contributed by atoms with Crippen molar-refractivity contribution in [2.24, 2.45) is 5.41 Å². The smallest absolute Gasteiger partial charge is 0.0816 e. The molecule has 1 saturated heterocycles. The third-order valence-corrected chi connectivity index (χ3v) is 3.68. The van der Waals surface area contributed by atoms with Crippen molar-refractivity contribution < 1.29 is 0 Å². The van der Waals surface area contributed by atoms with Crippen LogP contribution < -0.4 is 5.32 Å². The van der Waals surface area contributed by atoms with E-state index < -0.39 is 0 Å². The molecule has 0 aromatic heterocycles. The normalized spacial score (nSPS) is 28.2. The van der Waals surface area contributed by atoms with Gasteiger partial charge in [0.2, 0.25) is 0 Å². The predicted molar refractivity (Wildman–Crippen MR) is 62.0 cm³/mol. The summed E-state index contributed by atoms with van der Waals surface area (Å²) in [6, 6.07) is 0. The number of piperidine rings is 1. The van der Waals surface area contributed by atoms with Crippen molar-refractivity contribution in [2.45, 2.75) is 39.0 Å². The quantitative estimate of drug-likeness (QED) is 0.549. The Labute approximate surface area is 86.6 Å². The molecule has 1 fully saturated rings. The van der Waals surface area contributed by atoms with Crippen molar-refractivity contribution >= 4 is 17.2 Å². The standard InChI is InChI=1S/C11H19NS/c1-3-5-7-11(4-2)8-6-9-12-10(11)13/h3H,1,4-9H2,2H3,(H,12,13).